The second-order valence-electron chi connectivity index (χ2n) is 1.76. The van der Waals surface area contributed by atoms with Crippen molar-refractivity contribution in [3.05, 3.63) is 12.2 Å². The van der Waals surface area contributed by atoms with Gasteiger partial charge in [-0.15, -0.1) is 0 Å². The largest absolute Gasteiger partial charge is 0.469 e. The monoisotopic (exact) mass is 159 g/mol. The number of nitrogens with two attached hydrogens (primary N) is 1. The highest BCUT2D eigenvalue weighted by Gasteiger charge is 2.11. The van der Waals surface area contributed by atoms with E-state index in [1.807, 2.05) is 0 Å². The molecule has 0 atom stereocenters. The Kier molecular flexibility index (Phi) is 3.90. The topological polar surface area (TPSA) is 78.6 Å². The summed E-state index contributed by atoms with van der Waals surface area (Å²) in [6, 6.07) is 0. The first-order chi connectivity index (χ1) is 5.11. The van der Waals surface area contributed by atoms with Gasteiger partial charge in [0.15, 0.2) is 0 Å². The first kappa shape index (κ1) is 9.64. The van der Waals surface area contributed by atoms with Gasteiger partial charge in [0.25, 0.3) is 0 Å². The Morgan fingerprint density at radius 1 is 1.55 bits per heavy atom. The average molecular weight is 159 g/mol. The summed E-state index contributed by atoms with van der Waals surface area (Å²) in [5.74, 6) is 3.16. The molecule has 0 aromatic carbocycles. The van der Waals surface area contributed by atoms with Crippen molar-refractivity contribution >= 4 is 11.9 Å². The van der Waals surface area contributed by atoms with Crippen LogP contribution >= 0.6 is 0 Å². The van der Waals surface area contributed by atoms with E-state index in [-0.39, 0.29) is 12.0 Å². The highest BCUT2D eigenvalue weighted by Crippen LogP contribution is 2.00. The normalized spacial score (nSPS) is 8.55. The van der Waals surface area contributed by atoms with E-state index in [0.29, 0.717) is 0 Å². The van der Waals surface area contributed by atoms with Gasteiger partial charge in [-0.25, -0.2) is 4.79 Å². The van der Waals surface area contributed by atoms with Crippen molar-refractivity contribution in [2.75, 3.05) is 7.11 Å². The first-order valence-corrected chi connectivity index (χ1v) is 2.77. The molecule has 5 nitrogen and oxygen atoms in total. The molecule has 0 saturated heterocycles. The molecule has 0 aliphatic carbocycles. The number of ether oxygens (including phenoxy) is 1. The maximum Gasteiger partial charge on any atom is 0.352 e. The zero-order valence-corrected chi connectivity index (χ0v) is 6.12. The molecule has 0 fully saturated rings. The predicted octanol–water partition coefficient (Wildman–Crippen LogP) is -0.477. The first-order valence-electron chi connectivity index (χ1n) is 2.77. The van der Waals surface area contributed by atoms with Crippen molar-refractivity contribution < 1.29 is 19.2 Å². The smallest absolute Gasteiger partial charge is 0.352 e. The molecule has 11 heavy (non-hydrogen) atoms. The molecule has 2 N–H and O–H groups in total. The molecule has 0 aromatic heterocycles. The van der Waals surface area contributed by atoms with E-state index in [9.17, 15) is 9.59 Å². The second kappa shape index (κ2) is 4.45. The van der Waals surface area contributed by atoms with Gasteiger partial charge in [0, 0.05) is 5.57 Å². The van der Waals surface area contributed by atoms with E-state index in [2.05, 4.69) is 22.1 Å². The molecule has 0 saturated carbocycles. The average Bonchev–Trinajstić information content (AvgIpc) is 2.02. The highest BCUT2D eigenvalue weighted by molar-refractivity contribution is 5.92. The minimum atomic E-state index is -0.810. The van der Waals surface area contributed by atoms with Gasteiger partial charge in [-0.3, -0.25) is 4.79 Å². The van der Waals surface area contributed by atoms with Crippen LogP contribution in [0.2, 0.25) is 0 Å². The predicted molar refractivity (Wildman–Crippen MR) is 36.1 cm³/mol. The van der Waals surface area contributed by atoms with Crippen LogP contribution in [-0.2, 0) is 19.2 Å². The summed E-state index contributed by atoms with van der Waals surface area (Å²) < 4.78 is 4.27. The van der Waals surface area contributed by atoms with E-state index in [4.69, 9.17) is 0 Å². The Morgan fingerprint density at radius 3 is 2.45 bits per heavy atom. The Labute approximate surface area is 63.7 Å². The number of hydrogen-bond acceptors (Lipinski definition) is 5. The minimum Gasteiger partial charge on any atom is -0.469 e. The molecule has 0 aliphatic rings. The van der Waals surface area contributed by atoms with Gasteiger partial charge >= 0.3 is 11.9 Å². The zero-order valence-electron chi connectivity index (χ0n) is 6.12. The lowest BCUT2D eigenvalue weighted by atomic mass is 10.2. The molecule has 0 unspecified atom stereocenters. The molecule has 0 rings (SSSR count). The lowest BCUT2D eigenvalue weighted by Gasteiger charge is -1.99. The van der Waals surface area contributed by atoms with Gasteiger partial charge in [0.05, 0.1) is 13.5 Å². The van der Waals surface area contributed by atoms with Gasteiger partial charge in [-0.2, -0.15) is 5.90 Å². The third-order valence-corrected chi connectivity index (χ3v) is 0.981. The fourth-order valence-corrected chi connectivity index (χ4v) is 0.402. The van der Waals surface area contributed by atoms with Crippen molar-refractivity contribution in [3.63, 3.8) is 0 Å². The number of methoxy groups -OCH3 is 1. The molecule has 0 heterocycles. The van der Waals surface area contributed by atoms with Crippen LogP contribution in [0.5, 0.6) is 0 Å². The van der Waals surface area contributed by atoms with E-state index in [0.717, 1.165) is 0 Å². The molecular weight excluding hydrogens is 150 g/mol. The summed E-state index contributed by atoms with van der Waals surface area (Å²) in [6.07, 6.45) is -0.202. The van der Waals surface area contributed by atoms with Crippen LogP contribution in [0, 0.1) is 0 Å². The van der Waals surface area contributed by atoms with Crippen molar-refractivity contribution in [1.29, 1.82) is 0 Å². The van der Waals surface area contributed by atoms with Crippen molar-refractivity contribution in [2.24, 2.45) is 5.90 Å². The molecule has 0 spiro atoms. The molecular formula is C6H9NO4. The summed E-state index contributed by atoms with van der Waals surface area (Å²) in [7, 11) is 1.21. The lowest BCUT2D eigenvalue weighted by molar-refractivity contribution is -0.144. The van der Waals surface area contributed by atoms with Gasteiger partial charge in [0.1, 0.15) is 0 Å². The quantitative estimate of drug-likeness (QED) is 0.342. The molecule has 62 valence electrons. The Hall–Kier alpha value is -1.36. The van der Waals surface area contributed by atoms with E-state index >= 15 is 0 Å². The van der Waals surface area contributed by atoms with Crippen LogP contribution in [0.4, 0.5) is 0 Å². The lowest BCUT2D eigenvalue weighted by Crippen LogP contribution is -2.14. The summed E-state index contributed by atoms with van der Waals surface area (Å²) in [6.45, 7) is 3.26. The molecule has 0 aromatic rings. The number of esters is 1. The zero-order chi connectivity index (χ0) is 8.85. The maximum atomic E-state index is 10.5. The van der Waals surface area contributed by atoms with Gasteiger partial charge in [0.2, 0.25) is 0 Å². The highest BCUT2D eigenvalue weighted by atomic mass is 16.7. The van der Waals surface area contributed by atoms with Gasteiger partial charge in [-0.05, 0) is 0 Å². The van der Waals surface area contributed by atoms with Crippen LogP contribution in [0.25, 0.3) is 0 Å². The number of rotatable bonds is 3. The molecule has 0 amide bonds. The van der Waals surface area contributed by atoms with E-state index in [1.165, 1.54) is 7.11 Å². The summed E-state index contributed by atoms with van der Waals surface area (Å²) in [5.41, 5.74) is -0.0284. The van der Waals surface area contributed by atoms with Gasteiger partial charge in [-0.1, -0.05) is 6.58 Å². The minimum absolute atomic E-state index is 0.0284. The molecule has 0 bridgehead atoms. The van der Waals surface area contributed by atoms with Crippen LogP contribution in [0.3, 0.4) is 0 Å². The maximum absolute atomic E-state index is 10.5. The van der Waals surface area contributed by atoms with Crippen LogP contribution < -0.4 is 5.90 Å². The Bertz CT molecular complexity index is 187. The second-order valence-corrected chi connectivity index (χ2v) is 1.76. The van der Waals surface area contributed by atoms with Crippen molar-refractivity contribution in [2.45, 2.75) is 6.42 Å². The summed E-state index contributed by atoms with van der Waals surface area (Å²) >= 11 is 0. The van der Waals surface area contributed by atoms with Crippen molar-refractivity contribution in [3.8, 4) is 0 Å². The summed E-state index contributed by atoms with van der Waals surface area (Å²) in [5, 5.41) is 0. The van der Waals surface area contributed by atoms with Crippen LogP contribution in [-0.4, -0.2) is 19.0 Å². The Balaban J connectivity index is 3.88. The van der Waals surface area contributed by atoms with Crippen molar-refractivity contribution in [1.82, 2.24) is 0 Å². The fourth-order valence-electron chi connectivity index (χ4n) is 0.402. The third kappa shape index (κ3) is 3.36. The Morgan fingerprint density at radius 2 is 2.09 bits per heavy atom. The number of carbonyl (C=O) groups is 2. The standard InChI is InChI=1S/C6H9NO4/c1-4(6(9)11-7)3-5(8)10-2/h1,3,7H2,2H3. The third-order valence-electron chi connectivity index (χ3n) is 0.981. The number of carbonyl (C=O) groups excluding carboxylic acids is 2. The van der Waals surface area contributed by atoms with E-state index < -0.39 is 11.9 Å². The fraction of sp³-hybridized carbons (Fsp3) is 0.333. The molecule has 0 aliphatic heterocycles. The molecule has 5 heteroatoms. The van der Waals surface area contributed by atoms with Gasteiger partial charge < -0.3 is 9.57 Å². The molecule has 0 radical (unpaired) electrons. The number of hydrogen-bond donors (Lipinski definition) is 1. The van der Waals surface area contributed by atoms with E-state index in [1.54, 1.807) is 0 Å². The van der Waals surface area contributed by atoms with Crippen LogP contribution in [0.1, 0.15) is 6.42 Å². The summed E-state index contributed by atoms with van der Waals surface area (Å²) in [4.78, 5) is 24.8. The van der Waals surface area contributed by atoms with Crippen LogP contribution in [0.15, 0.2) is 12.2 Å². The SMILES string of the molecule is C=C(CC(=O)OC)C(=O)ON.